The molecule has 3 nitrogen and oxygen atoms in total. The summed E-state index contributed by atoms with van der Waals surface area (Å²) in [7, 11) is -2.86. The molecule has 0 bridgehead atoms. The van der Waals surface area contributed by atoms with Gasteiger partial charge in [0.25, 0.3) is 0 Å². The molecule has 13 heavy (non-hydrogen) atoms. The van der Waals surface area contributed by atoms with E-state index in [0.717, 1.165) is 0 Å². The topological polar surface area (TPSA) is 60.2 Å². The van der Waals surface area contributed by atoms with Crippen LogP contribution in [0.15, 0.2) is 0 Å². The molecule has 0 aromatic heterocycles. The third-order valence-electron chi connectivity index (χ3n) is 2.55. The van der Waals surface area contributed by atoms with E-state index < -0.39 is 16.0 Å². The summed E-state index contributed by atoms with van der Waals surface area (Å²) in [4.78, 5) is 0. The minimum Gasteiger partial charge on any atom is -0.330 e. The van der Waals surface area contributed by atoms with Gasteiger partial charge in [-0.05, 0) is 31.7 Å². The zero-order chi connectivity index (χ0) is 9.90. The summed E-state index contributed by atoms with van der Waals surface area (Å²) >= 11 is 0. The van der Waals surface area contributed by atoms with Crippen molar-refractivity contribution in [2.24, 2.45) is 11.7 Å². The molecule has 0 aromatic carbocycles. The molecule has 1 heterocycles. The van der Waals surface area contributed by atoms with Crippen LogP contribution in [0.5, 0.6) is 0 Å². The Kier molecular flexibility index (Phi) is 3.67. The summed E-state index contributed by atoms with van der Waals surface area (Å²) in [6.07, 6.45) is 0.359. The van der Waals surface area contributed by atoms with Gasteiger partial charge in [0.1, 0.15) is 16.0 Å². The monoisotopic (exact) mass is 209 g/mol. The van der Waals surface area contributed by atoms with Crippen LogP contribution in [0.1, 0.15) is 19.3 Å². The first-order valence-electron chi connectivity index (χ1n) is 4.60. The van der Waals surface area contributed by atoms with Gasteiger partial charge in [-0.25, -0.2) is 12.8 Å². The molecule has 0 aromatic rings. The maximum Gasteiger partial charge on any atom is 0.150 e. The van der Waals surface area contributed by atoms with Gasteiger partial charge in [0.15, 0.2) is 0 Å². The molecule has 0 amide bonds. The van der Waals surface area contributed by atoms with Crippen LogP contribution in [0.25, 0.3) is 0 Å². The van der Waals surface area contributed by atoms with Gasteiger partial charge in [-0.1, -0.05) is 0 Å². The Morgan fingerprint density at radius 1 is 1.38 bits per heavy atom. The lowest BCUT2D eigenvalue weighted by atomic mass is 9.95. The van der Waals surface area contributed by atoms with Crippen molar-refractivity contribution in [3.8, 4) is 0 Å². The summed E-state index contributed by atoms with van der Waals surface area (Å²) in [6, 6.07) is 0. The van der Waals surface area contributed by atoms with Gasteiger partial charge in [-0.3, -0.25) is 0 Å². The predicted octanol–water partition coefficient (Wildman–Crippen LogP) is 0.498. The minimum atomic E-state index is -2.86. The van der Waals surface area contributed by atoms with Gasteiger partial charge in [0.05, 0.1) is 11.5 Å². The number of nitrogens with two attached hydrogens (primary N) is 1. The van der Waals surface area contributed by atoms with E-state index in [9.17, 15) is 12.8 Å². The van der Waals surface area contributed by atoms with E-state index in [2.05, 4.69) is 0 Å². The molecule has 0 saturated carbocycles. The summed E-state index contributed by atoms with van der Waals surface area (Å²) in [5.74, 6) is 0.192. The highest BCUT2D eigenvalue weighted by Gasteiger charge is 2.28. The fourth-order valence-corrected chi connectivity index (χ4v) is 3.19. The molecule has 1 rings (SSSR count). The first-order valence-corrected chi connectivity index (χ1v) is 6.42. The molecular weight excluding hydrogens is 193 g/mol. The van der Waals surface area contributed by atoms with Crippen LogP contribution >= 0.6 is 0 Å². The summed E-state index contributed by atoms with van der Waals surface area (Å²) in [5.41, 5.74) is 5.23. The number of rotatable bonds is 3. The van der Waals surface area contributed by atoms with Crippen LogP contribution in [0.4, 0.5) is 4.39 Å². The molecule has 1 aliphatic rings. The van der Waals surface area contributed by atoms with E-state index in [1.54, 1.807) is 0 Å². The first kappa shape index (κ1) is 10.9. The molecule has 2 N–H and O–H groups in total. The van der Waals surface area contributed by atoms with E-state index in [1.165, 1.54) is 0 Å². The Hall–Kier alpha value is -0.160. The van der Waals surface area contributed by atoms with Crippen molar-refractivity contribution in [2.75, 3.05) is 18.1 Å². The third-order valence-corrected chi connectivity index (χ3v) is 4.27. The van der Waals surface area contributed by atoms with Crippen LogP contribution in [0.3, 0.4) is 0 Å². The van der Waals surface area contributed by atoms with Crippen molar-refractivity contribution in [2.45, 2.75) is 25.4 Å². The normalized spacial score (nSPS) is 25.7. The quantitative estimate of drug-likeness (QED) is 0.736. The maximum atomic E-state index is 13.3. The van der Waals surface area contributed by atoms with E-state index in [0.29, 0.717) is 25.8 Å². The predicted molar refractivity (Wildman–Crippen MR) is 49.9 cm³/mol. The fraction of sp³-hybridized carbons (Fsp3) is 1.00. The Labute approximate surface area is 78.4 Å². The van der Waals surface area contributed by atoms with Gasteiger partial charge >= 0.3 is 0 Å². The molecule has 1 aliphatic heterocycles. The number of halogens is 1. The van der Waals surface area contributed by atoms with E-state index in [-0.39, 0.29) is 17.4 Å². The average molecular weight is 209 g/mol. The standard InChI is InChI=1S/C8H16FNO2S/c9-8(1-4-10)7-2-5-13(11,12)6-3-7/h7-8H,1-6,10H2. The second kappa shape index (κ2) is 4.37. The van der Waals surface area contributed by atoms with Crippen molar-refractivity contribution in [3.63, 3.8) is 0 Å². The maximum absolute atomic E-state index is 13.3. The summed E-state index contributed by atoms with van der Waals surface area (Å²) < 4.78 is 35.3. The highest BCUT2D eigenvalue weighted by atomic mass is 32.2. The van der Waals surface area contributed by atoms with Crippen molar-refractivity contribution < 1.29 is 12.8 Å². The third kappa shape index (κ3) is 3.23. The molecule has 1 atom stereocenters. The number of sulfone groups is 1. The fourth-order valence-electron chi connectivity index (χ4n) is 1.66. The van der Waals surface area contributed by atoms with Crippen LogP contribution in [0.2, 0.25) is 0 Å². The molecular formula is C8H16FNO2S. The smallest absolute Gasteiger partial charge is 0.150 e. The Morgan fingerprint density at radius 2 is 1.92 bits per heavy atom. The minimum absolute atomic E-state index is 0.0907. The first-order chi connectivity index (χ1) is 6.05. The molecule has 1 fully saturated rings. The lowest BCUT2D eigenvalue weighted by Gasteiger charge is -2.24. The lowest BCUT2D eigenvalue weighted by Crippen LogP contribution is -2.30. The number of hydrogen-bond acceptors (Lipinski definition) is 3. The number of hydrogen-bond donors (Lipinski definition) is 1. The molecule has 78 valence electrons. The largest absolute Gasteiger partial charge is 0.330 e. The van der Waals surface area contributed by atoms with E-state index in [4.69, 9.17) is 5.73 Å². The van der Waals surface area contributed by atoms with Crippen LogP contribution in [-0.4, -0.2) is 32.6 Å². The van der Waals surface area contributed by atoms with Gasteiger partial charge in [0.2, 0.25) is 0 Å². The van der Waals surface area contributed by atoms with Crippen LogP contribution in [0, 0.1) is 5.92 Å². The Bertz CT molecular complexity index is 239. The Morgan fingerprint density at radius 3 is 2.38 bits per heavy atom. The summed E-state index contributed by atoms with van der Waals surface area (Å²) in [5, 5.41) is 0. The zero-order valence-electron chi connectivity index (χ0n) is 7.58. The van der Waals surface area contributed by atoms with Gasteiger partial charge in [0, 0.05) is 0 Å². The highest BCUT2D eigenvalue weighted by molar-refractivity contribution is 7.91. The van der Waals surface area contributed by atoms with Gasteiger partial charge < -0.3 is 5.73 Å². The molecule has 0 spiro atoms. The van der Waals surface area contributed by atoms with Gasteiger partial charge in [-0.15, -0.1) is 0 Å². The van der Waals surface area contributed by atoms with Crippen LogP contribution in [-0.2, 0) is 9.84 Å². The molecule has 1 unspecified atom stereocenters. The average Bonchev–Trinajstić information content (AvgIpc) is 2.04. The second-order valence-electron chi connectivity index (χ2n) is 3.58. The zero-order valence-corrected chi connectivity index (χ0v) is 8.39. The highest BCUT2D eigenvalue weighted by Crippen LogP contribution is 2.25. The number of alkyl halides is 1. The van der Waals surface area contributed by atoms with Crippen molar-refractivity contribution >= 4 is 9.84 Å². The molecule has 0 aliphatic carbocycles. The lowest BCUT2D eigenvalue weighted by molar-refractivity contribution is 0.204. The Balaban J connectivity index is 2.40. The van der Waals surface area contributed by atoms with Crippen molar-refractivity contribution in [1.82, 2.24) is 0 Å². The molecule has 0 radical (unpaired) electrons. The second-order valence-corrected chi connectivity index (χ2v) is 5.89. The van der Waals surface area contributed by atoms with E-state index >= 15 is 0 Å². The molecule has 1 saturated heterocycles. The van der Waals surface area contributed by atoms with Crippen LogP contribution < -0.4 is 5.73 Å². The van der Waals surface area contributed by atoms with Crippen molar-refractivity contribution in [3.05, 3.63) is 0 Å². The van der Waals surface area contributed by atoms with Gasteiger partial charge in [-0.2, -0.15) is 0 Å². The van der Waals surface area contributed by atoms with E-state index in [1.807, 2.05) is 0 Å². The van der Waals surface area contributed by atoms with Crippen molar-refractivity contribution in [1.29, 1.82) is 0 Å². The molecule has 5 heteroatoms. The summed E-state index contributed by atoms with van der Waals surface area (Å²) in [6.45, 7) is 0.338. The SMILES string of the molecule is NCCC(F)C1CCS(=O)(=O)CC1.